The molecule has 0 atom stereocenters. The number of likely N-dealkylation sites (tertiary alicyclic amines) is 1. The number of carbonyl (C=O) groups excluding carboxylic acids is 1. The fourth-order valence-electron chi connectivity index (χ4n) is 5.39. The van der Waals surface area contributed by atoms with E-state index in [9.17, 15) is 4.79 Å². The molecule has 190 valence electrons. The second kappa shape index (κ2) is 9.59. The number of piperidine rings is 1. The molecule has 2 aromatic carbocycles. The topological polar surface area (TPSA) is 77.0 Å². The number of para-hydroxylation sites is 1. The molecule has 0 aliphatic carbocycles. The van der Waals surface area contributed by atoms with Crippen molar-refractivity contribution < 1.29 is 4.79 Å². The molecule has 1 fully saturated rings. The SMILES string of the molecule is Cc1cc(Nc2ncc3c(n2)N2CCN=C2N(c2c(Cl)cccc2Cl)C3=O)ccc1C1CCN(C)CC1. The number of benzene rings is 2. The van der Waals surface area contributed by atoms with Gasteiger partial charge < -0.3 is 10.2 Å². The highest BCUT2D eigenvalue weighted by molar-refractivity contribution is 6.43. The molecule has 0 radical (unpaired) electrons. The number of halogens is 2. The van der Waals surface area contributed by atoms with Crippen molar-refractivity contribution in [2.75, 3.05) is 48.3 Å². The molecule has 0 bridgehead atoms. The Morgan fingerprint density at radius 3 is 2.54 bits per heavy atom. The number of aryl methyl sites for hydroxylation is 1. The average Bonchev–Trinajstić information content (AvgIpc) is 3.36. The third-order valence-electron chi connectivity index (χ3n) is 7.32. The maximum Gasteiger partial charge on any atom is 0.270 e. The van der Waals surface area contributed by atoms with Gasteiger partial charge in [-0.05, 0) is 81.2 Å². The maximum absolute atomic E-state index is 13.6. The monoisotopic (exact) mass is 535 g/mol. The fourth-order valence-corrected chi connectivity index (χ4v) is 5.96. The number of hydrogen-bond acceptors (Lipinski definition) is 7. The van der Waals surface area contributed by atoms with Gasteiger partial charge in [-0.25, -0.2) is 9.88 Å². The maximum atomic E-state index is 13.6. The number of carbonyl (C=O) groups is 1. The molecule has 1 aromatic heterocycles. The fraction of sp³-hybridized carbons (Fsp3) is 0.333. The molecule has 10 heteroatoms. The van der Waals surface area contributed by atoms with Crippen molar-refractivity contribution in [3.63, 3.8) is 0 Å². The quantitative estimate of drug-likeness (QED) is 0.476. The van der Waals surface area contributed by atoms with E-state index in [0.29, 0.717) is 58.0 Å². The summed E-state index contributed by atoms with van der Waals surface area (Å²) in [6, 6.07) is 11.6. The van der Waals surface area contributed by atoms with Crippen LogP contribution in [0.15, 0.2) is 47.6 Å². The van der Waals surface area contributed by atoms with Crippen molar-refractivity contribution in [2.24, 2.45) is 4.99 Å². The van der Waals surface area contributed by atoms with Gasteiger partial charge in [0.1, 0.15) is 5.56 Å². The van der Waals surface area contributed by atoms with E-state index in [0.717, 1.165) is 18.8 Å². The summed E-state index contributed by atoms with van der Waals surface area (Å²) in [6.07, 6.45) is 3.92. The Bertz CT molecular complexity index is 1400. The second-order valence-corrected chi connectivity index (χ2v) is 10.6. The number of aliphatic imine (C=N–C) groups is 1. The normalized spacial score (nSPS) is 18.1. The number of fused-ring (bicyclic) bond motifs is 3. The highest BCUT2D eigenvalue weighted by Gasteiger charge is 2.41. The van der Waals surface area contributed by atoms with Gasteiger partial charge in [0.15, 0.2) is 5.82 Å². The Balaban J connectivity index is 1.29. The summed E-state index contributed by atoms with van der Waals surface area (Å²) in [6.45, 7) is 5.55. The number of rotatable bonds is 4. The third kappa shape index (κ3) is 4.33. The molecule has 1 saturated heterocycles. The van der Waals surface area contributed by atoms with E-state index < -0.39 is 0 Å². The minimum Gasteiger partial charge on any atom is -0.324 e. The summed E-state index contributed by atoms with van der Waals surface area (Å²) in [7, 11) is 2.18. The molecule has 37 heavy (non-hydrogen) atoms. The molecular formula is C27H27Cl2N7O. The van der Waals surface area contributed by atoms with Gasteiger partial charge in [0.25, 0.3) is 5.91 Å². The number of anilines is 4. The average molecular weight is 536 g/mol. The van der Waals surface area contributed by atoms with Gasteiger partial charge in [0.05, 0.1) is 22.3 Å². The van der Waals surface area contributed by atoms with Crippen molar-refractivity contribution >= 4 is 58.2 Å². The Kier molecular flexibility index (Phi) is 6.26. The zero-order valence-electron chi connectivity index (χ0n) is 20.7. The van der Waals surface area contributed by atoms with Crippen LogP contribution in [-0.2, 0) is 0 Å². The van der Waals surface area contributed by atoms with Crippen LogP contribution in [0.5, 0.6) is 0 Å². The Labute approximate surface area is 225 Å². The van der Waals surface area contributed by atoms with Crippen molar-refractivity contribution in [3.8, 4) is 0 Å². The largest absolute Gasteiger partial charge is 0.324 e. The first-order valence-electron chi connectivity index (χ1n) is 12.4. The molecule has 0 saturated carbocycles. The van der Waals surface area contributed by atoms with Crippen LogP contribution in [-0.4, -0.2) is 60.0 Å². The predicted molar refractivity (Wildman–Crippen MR) is 149 cm³/mol. The number of aromatic nitrogens is 2. The lowest BCUT2D eigenvalue weighted by Crippen LogP contribution is -2.51. The van der Waals surface area contributed by atoms with Gasteiger partial charge in [-0.2, -0.15) is 4.98 Å². The molecule has 3 aliphatic rings. The molecule has 6 rings (SSSR count). The molecule has 8 nitrogen and oxygen atoms in total. The molecule has 3 aliphatic heterocycles. The standard InChI is InChI=1S/C27H27Cl2N7O/c1-16-14-18(6-7-19(16)17-8-11-34(2)12-9-17)32-26-31-15-20-24(33-26)35-13-10-30-27(35)36(25(20)37)23-21(28)4-3-5-22(23)29/h3-7,14-15,17H,8-13H2,1-2H3,(H,31,32,33). The Morgan fingerprint density at radius 1 is 1.05 bits per heavy atom. The molecule has 0 spiro atoms. The van der Waals surface area contributed by atoms with E-state index in [1.807, 2.05) is 4.90 Å². The van der Waals surface area contributed by atoms with Crippen LogP contribution in [0.25, 0.3) is 0 Å². The van der Waals surface area contributed by atoms with Gasteiger partial charge in [-0.1, -0.05) is 35.3 Å². The highest BCUT2D eigenvalue weighted by atomic mass is 35.5. The summed E-state index contributed by atoms with van der Waals surface area (Å²) in [5, 5.41) is 4.07. The predicted octanol–water partition coefficient (Wildman–Crippen LogP) is 5.48. The summed E-state index contributed by atoms with van der Waals surface area (Å²) in [5.41, 5.74) is 4.36. The van der Waals surface area contributed by atoms with Crippen LogP contribution in [0.3, 0.4) is 0 Å². The van der Waals surface area contributed by atoms with Crippen LogP contribution in [0.1, 0.15) is 40.2 Å². The zero-order valence-corrected chi connectivity index (χ0v) is 22.2. The van der Waals surface area contributed by atoms with E-state index in [4.69, 9.17) is 28.2 Å². The van der Waals surface area contributed by atoms with E-state index >= 15 is 0 Å². The second-order valence-electron chi connectivity index (χ2n) is 9.75. The molecule has 3 aromatic rings. The van der Waals surface area contributed by atoms with Crippen LogP contribution < -0.4 is 15.1 Å². The minimum absolute atomic E-state index is 0.313. The van der Waals surface area contributed by atoms with Gasteiger partial charge in [-0.15, -0.1) is 0 Å². The van der Waals surface area contributed by atoms with E-state index in [2.05, 4.69) is 52.4 Å². The van der Waals surface area contributed by atoms with E-state index in [1.165, 1.54) is 28.9 Å². The summed E-state index contributed by atoms with van der Waals surface area (Å²) >= 11 is 12.9. The van der Waals surface area contributed by atoms with E-state index in [-0.39, 0.29) is 5.91 Å². The van der Waals surface area contributed by atoms with E-state index in [1.54, 1.807) is 24.4 Å². The Morgan fingerprint density at radius 2 is 1.81 bits per heavy atom. The van der Waals surface area contributed by atoms with Gasteiger partial charge in [-0.3, -0.25) is 14.7 Å². The zero-order chi connectivity index (χ0) is 25.7. The first-order chi connectivity index (χ1) is 17.9. The lowest BCUT2D eigenvalue weighted by molar-refractivity contribution is 0.1000. The lowest BCUT2D eigenvalue weighted by atomic mass is 9.87. The van der Waals surface area contributed by atoms with Crippen LogP contribution >= 0.6 is 23.2 Å². The van der Waals surface area contributed by atoms with Crippen molar-refractivity contribution in [2.45, 2.75) is 25.7 Å². The summed E-state index contributed by atoms with van der Waals surface area (Å²) < 4.78 is 0. The first-order valence-corrected chi connectivity index (χ1v) is 13.2. The first kappa shape index (κ1) is 24.2. The minimum atomic E-state index is -0.313. The molecule has 4 heterocycles. The number of nitrogens with zero attached hydrogens (tertiary/aromatic N) is 6. The van der Waals surface area contributed by atoms with Crippen LogP contribution in [0, 0.1) is 6.92 Å². The number of amides is 1. The van der Waals surface area contributed by atoms with Gasteiger partial charge in [0, 0.05) is 18.4 Å². The lowest BCUT2D eigenvalue weighted by Gasteiger charge is -2.35. The number of hydrogen-bond donors (Lipinski definition) is 1. The highest BCUT2D eigenvalue weighted by Crippen LogP contribution is 2.40. The van der Waals surface area contributed by atoms with Crippen molar-refractivity contribution in [3.05, 3.63) is 69.3 Å². The molecule has 1 N–H and O–H groups in total. The molecule has 1 amide bonds. The van der Waals surface area contributed by atoms with Crippen molar-refractivity contribution in [1.29, 1.82) is 0 Å². The van der Waals surface area contributed by atoms with Gasteiger partial charge >= 0.3 is 0 Å². The smallest absolute Gasteiger partial charge is 0.270 e. The molecule has 0 unspecified atom stereocenters. The summed E-state index contributed by atoms with van der Waals surface area (Å²) in [4.78, 5) is 33.1. The number of nitrogens with one attached hydrogen (secondary N) is 1. The van der Waals surface area contributed by atoms with Crippen LogP contribution in [0.4, 0.5) is 23.1 Å². The van der Waals surface area contributed by atoms with Crippen LogP contribution in [0.2, 0.25) is 10.0 Å². The summed E-state index contributed by atoms with van der Waals surface area (Å²) in [5.74, 6) is 1.70. The molecular weight excluding hydrogens is 509 g/mol. The van der Waals surface area contributed by atoms with Crippen molar-refractivity contribution in [1.82, 2.24) is 14.9 Å². The third-order valence-corrected chi connectivity index (χ3v) is 7.93. The number of guanidine groups is 1. The Hall–Kier alpha value is -3.20. The van der Waals surface area contributed by atoms with Gasteiger partial charge in [0.2, 0.25) is 11.9 Å².